The molecule has 0 unspecified atom stereocenters. The Kier molecular flexibility index (Phi) is 6.05. The van der Waals surface area contributed by atoms with Gasteiger partial charge in [-0.25, -0.2) is 9.37 Å². The number of pyridine rings is 2. The standard InChI is InChI=1S/C31H34FN3O5/c1-6-31(40-30(3,4)5)19-11-23-28-18(13-35(23)29(39)17(19)8-10-24(31)37)27-21(33-25(38)14-36)9-7-16-15(2)20(32)12-22(34-28)26(16)27/h11-12,21,36H,6-10,13-14H2,1-5H3,(H,33,38)/t21-,31-/m0/s1. The van der Waals surface area contributed by atoms with E-state index in [1.165, 1.54) is 6.07 Å². The second-order valence-corrected chi connectivity index (χ2v) is 12.2. The third-order valence-electron chi connectivity index (χ3n) is 8.68. The summed E-state index contributed by atoms with van der Waals surface area (Å²) in [7, 11) is 0. The number of Topliss-reactive ketones (excluding diaryl/α,β-unsaturated/α-hetero) is 1. The first kappa shape index (κ1) is 26.8. The van der Waals surface area contributed by atoms with Crippen LogP contribution in [0.5, 0.6) is 0 Å². The lowest BCUT2D eigenvalue weighted by atomic mass is 9.76. The number of halogens is 1. The average Bonchev–Trinajstić information content (AvgIpc) is 3.27. The number of aliphatic hydroxyl groups is 1. The number of aromatic nitrogens is 2. The molecule has 3 aliphatic rings. The molecule has 0 fully saturated rings. The fourth-order valence-corrected chi connectivity index (χ4v) is 7.02. The number of ether oxygens (including phenoxy) is 1. The van der Waals surface area contributed by atoms with Gasteiger partial charge in [-0.15, -0.1) is 0 Å². The Morgan fingerprint density at radius 2 is 1.95 bits per heavy atom. The minimum absolute atomic E-state index is 0.0458. The van der Waals surface area contributed by atoms with Gasteiger partial charge in [0, 0.05) is 34.6 Å². The highest BCUT2D eigenvalue weighted by Crippen LogP contribution is 2.47. The summed E-state index contributed by atoms with van der Waals surface area (Å²) in [6.45, 7) is 8.95. The lowest BCUT2D eigenvalue weighted by Crippen LogP contribution is -2.48. The van der Waals surface area contributed by atoms with E-state index in [2.05, 4.69) is 5.32 Å². The fourth-order valence-electron chi connectivity index (χ4n) is 7.02. The van der Waals surface area contributed by atoms with Crippen molar-refractivity contribution in [1.29, 1.82) is 0 Å². The monoisotopic (exact) mass is 547 g/mol. The molecule has 2 aromatic heterocycles. The molecule has 3 aromatic rings. The number of hydrogen-bond acceptors (Lipinski definition) is 6. The van der Waals surface area contributed by atoms with E-state index in [9.17, 15) is 19.5 Å². The van der Waals surface area contributed by atoms with E-state index in [1.807, 2.05) is 33.8 Å². The van der Waals surface area contributed by atoms with Crippen LogP contribution in [0.3, 0.4) is 0 Å². The number of amides is 1. The summed E-state index contributed by atoms with van der Waals surface area (Å²) in [6, 6.07) is 2.86. The van der Waals surface area contributed by atoms with Crippen LogP contribution in [0.15, 0.2) is 16.9 Å². The minimum Gasteiger partial charge on any atom is -0.387 e. The summed E-state index contributed by atoms with van der Waals surface area (Å²) >= 11 is 0. The highest BCUT2D eigenvalue weighted by atomic mass is 19.1. The maximum absolute atomic E-state index is 15.0. The summed E-state index contributed by atoms with van der Waals surface area (Å²) in [5.41, 5.74) is 3.68. The first-order chi connectivity index (χ1) is 18.9. The average molecular weight is 548 g/mol. The number of ketones is 1. The minimum atomic E-state index is -1.25. The topological polar surface area (TPSA) is 111 Å². The summed E-state index contributed by atoms with van der Waals surface area (Å²) in [5.74, 6) is -0.899. The summed E-state index contributed by atoms with van der Waals surface area (Å²) in [5, 5.41) is 13.2. The Morgan fingerprint density at radius 3 is 2.62 bits per heavy atom. The molecule has 8 nitrogen and oxygen atoms in total. The van der Waals surface area contributed by atoms with Gasteiger partial charge in [-0.05, 0) is 76.1 Å². The number of fused-ring (bicyclic) bond motifs is 5. The summed E-state index contributed by atoms with van der Waals surface area (Å²) in [6.07, 6.45) is 2.03. The Bertz CT molecular complexity index is 1690. The zero-order valence-electron chi connectivity index (χ0n) is 23.5. The van der Waals surface area contributed by atoms with Gasteiger partial charge in [0.05, 0.1) is 35.1 Å². The zero-order chi connectivity index (χ0) is 28.7. The molecule has 0 spiro atoms. The van der Waals surface area contributed by atoms with Crippen molar-refractivity contribution in [2.24, 2.45) is 0 Å². The van der Waals surface area contributed by atoms with Crippen molar-refractivity contribution >= 4 is 22.6 Å². The molecule has 1 aliphatic heterocycles. The molecule has 9 heteroatoms. The van der Waals surface area contributed by atoms with E-state index in [0.29, 0.717) is 59.3 Å². The highest BCUT2D eigenvalue weighted by molar-refractivity contribution is 5.94. The number of carbonyl (C=O) groups is 2. The molecule has 1 aromatic carbocycles. The number of rotatable bonds is 4. The molecule has 0 saturated carbocycles. The van der Waals surface area contributed by atoms with Crippen molar-refractivity contribution in [3.05, 3.63) is 61.7 Å². The normalized spacial score (nSPS) is 21.3. The number of aryl methyl sites for hydroxylation is 1. The molecule has 2 N–H and O–H groups in total. The van der Waals surface area contributed by atoms with Gasteiger partial charge in [0.2, 0.25) is 5.91 Å². The van der Waals surface area contributed by atoms with E-state index in [4.69, 9.17) is 9.72 Å². The van der Waals surface area contributed by atoms with Gasteiger partial charge in [0.15, 0.2) is 11.4 Å². The van der Waals surface area contributed by atoms with E-state index in [0.717, 1.165) is 22.1 Å². The van der Waals surface area contributed by atoms with Crippen LogP contribution < -0.4 is 10.9 Å². The van der Waals surface area contributed by atoms with Gasteiger partial charge >= 0.3 is 0 Å². The van der Waals surface area contributed by atoms with Crippen molar-refractivity contribution in [2.75, 3.05) is 6.61 Å². The summed E-state index contributed by atoms with van der Waals surface area (Å²) in [4.78, 5) is 44.7. The van der Waals surface area contributed by atoms with Crippen LogP contribution in [0.2, 0.25) is 0 Å². The molecular formula is C31H34FN3O5. The third-order valence-corrected chi connectivity index (χ3v) is 8.68. The van der Waals surface area contributed by atoms with Crippen LogP contribution in [0, 0.1) is 12.7 Å². The molecule has 2 aliphatic carbocycles. The van der Waals surface area contributed by atoms with Crippen molar-refractivity contribution in [2.45, 2.75) is 90.5 Å². The van der Waals surface area contributed by atoms with Crippen molar-refractivity contribution in [3.8, 4) is 11.4 Å². The SMILES string of the molecule is CC[C@@]1(OC(C)(C)C)C(=O)CCc2c1cc1n(c2=O)Cc2c-1nc1cc(F)c(C)c3c1c2[C@@H](NC(=O)CO)CC3. The van der Waals surface area contributed by atoms with Crippen molar-refractivity contribution < 1.29 is 23.8 Å². The van der Waals surface area contributed by atoms with E-state index < -0.39 is 29.8 Å². The fraction of sp³-hybridized carbons (Fsp3) is 0.484. The number of nitrogens with zero attached hydrogens (tertiary/aromatic N) is 2. The predicted octanol–water partition coefficient (Wildman–Crippen LogP) is 3.90. The van der Waals surface area contributed by atoms with Gasteiger partial charge in [-0.3, -0.25) is 14.4 Å². The molecule has 40 heavy (non-hydrogen) atoms. The smallest absolute Gasteiger partial charge is 0.254 e. The number of nitrogens with one attached hydrogen (secondary N) is 1. The lowest BCUT2D eigenvalue weighted by molar-refractivity contribution is -0.171. The number of benzene rings is 1. The molecule has 210 valence electrons. The number of hydrogen-bond donors (Lipinski definition) is 2. The maximum atomic E-state index is 15.0. The van der Waals surface area contributed by atoms with Crippen molar-refractivity contribution in [3.63, 3.8) is 0 Å². The van der Waals surface area contributed by atoms with Crippen LogP contribution in [0.25, 0.3) is 22.3 Å². The molecule has 0 saturated heterocycles. The van der Waals surface area contributed by atoms with Gasteiger partial charge in [-0.1, -0.05) is 6.92 Å². The van der Waals surface area contributed by atoms with Gasteiger partial charge in [-0.2, -0.15) is 0 Å². The summed E-state index contributed by atoms with van der Waals surface area (Å²) < 4.78 is 23.2. The van der Waals surface area contributed by atoms with Crippen LogP contribution >= 0.6 is 0 Å². The molecule has 6 rings (SSSR count). The molecular weight excluding hydrogens is 513 g/mol. The van der Waals surface area contributed by atoms with Crippen LogP contribution in [0.4, 0.5) is 4.39 Å². The first-order valence-electron chi connectivity index (χ1n) is 14.0. The predicted molar refractivity (Wildman–Crippen MR) is 148 cm³/mol. The van der Waals surface area contributed by atoms with Gasteiger partial charge in [0.25, 0.3) is 5.56 Å². The van der Waals surface area contributed by atoms with Gasteiger partial charge < -0.3 is 19.7 Å². The van der Waals surface area contributed by atoms with Crippen LogP contribution in [-0.2, 0) is 39.3 Å². The second kappa shape index (κ2) is 9.04. The second-order valence-electron chi connectivity index (χ2n) is 12.2. The number of carbonyl (C=O) groups excluding carboxylic acids is 2. The lowest BCUT2D eigenvalue weighted by Gasteiger charge is -2.41. The maximum Gasteiger partial charge on any atom is 0.254 e. The first-order valence-corrected chi connectivity index (χ1v) is 14.0. The Balaban J connectivity index is 1.65. The molecule has 3 heterocycles. The van der Waals surface area contributed by atoms with E-state index in [-0.39, 0.29) is 30.1 Å². The highest BCUT2D eigenvalue weighted by Gasteiger charge is 2.48. The Labute approximate surface area is 231 Å². The zero-order valence-corrected chi connectivity index (χ0v) is 23.5. The quantitative estimate of drug-likeness (QED) is 0.401. The van der Waals surface area contributed by atoms with Crippen LogP contribution in [-0.4, -0.2) is 38.6 Å². The Morgan fingerprint density at radius 1 is 1.20 bits per heavy atom. The number of aliphatic hydroxyl groups excluding tert-OH is 1. The third kappa shape index (κ3) is 3.78. The molecule has 2 atom stereocenters. The van der Waals surface area contributed by atoms with E-state index in [1.54, 1.807) is 11.5 Å². The Hall–Kier alpha value is -3.43. The molecule has 0 radical (unpaired) electrons. The molecule has 1 amide bonds. The van der Waals surface area contributed by atoms with Crippen molar-refractivity contribution in [1.82, 2.24) is 14.9 Å². The van der Waals surface area contributed by atoms with Gasteiger partial charge in [0.1, 0.15) is 12.4 Å². The largest absolute Gasteiger partial charge is 0.387 e. The molecule has 0 bridgehead atoms. The van der Waals surface area contributed by atoms with E-state index >= 15 is 4.39 Å². The van der Waals surface area contributed by atoms with Crippen LogP contribution in [0.1, 0.15) is 86.4 Å².